The second-order valence-electron chi connectivity index (χ2n) is 15.1. The van der Waals surface area contributed by atoms with Crippen molar-refractivity contribution in [3.63, 3.8) is 0 Å². The fourth-order valence-corrected chi connectivity index (χ4v) is 7.81. The molecule has 3 saturated carbocycles. The van der Waals surface area contributed by atoms with Crippen LogP contribution in [0.4, 0.5) is 0 Å². The summed E-state index contributed by atoms with van der Waals surface area (Å²) in [5.74, 6) is 1.15. The molecule has 0 radical (unpaired) electrons. The number of esters is 1. The lowest BCUT2D eigenvalue weighted by atomic mass is 9.43. The summed E-state index contributed by atoms with van der Waals surface area (Å²) in [7, 11) is -0.271. The van der Waals surface area contributed by atoms with E-state index in [1.54, 1.807) is 11.1 Å². The Morgan fingerprint density at radius 1 is 1.16 bits per heavy atom. The van der Waals surface area contributed by atoms with Gasteiger partial charge in [-0.3, -0.25) is 4.79 Å². The molecular formula is C33H47BN4O7. The Morgan fingerprint density at radius 3 is 2.60 bits per heavy atom. The monoisotopic (exact) mass is 622 g/mol. The second kappa shape index (κ2) is 11.7. The van der Waals surface area contributed by atoms with Gasteiger partial charge >= 0.3 is 13.1 Å². The van der Waals surface area contributed by atoms with E-state index in [-0.39, 0.29) is 44.0 Å². The third-order valence-electron chi connectivity index (χ3n) is 10.5. The van der Waals surface area contributed by atoms with E-state index >= 15 is 0 Å². The van der Waals surface area contributed by atoms with Crippen LogP contribution in [0.15, 0.2) is 18.3 Å². The number of aryl methyl sites for hydroxylation is 1. The summed E-state index contributed by atoms with van der Waals surface area (Å²) in [5, 5.41) is 17.0. The molecule has 1 aromatic carbocycles. The van der Waals surface area contributed by atoms with Crippen molar-refractivity contribution >= 4 is 19.0 Å². The van der Waals surface area contributed by atoms with Gasteiger partial charge in [0.15, 0.2) is 0 Å². The molecular weight excluding hydrogens is 575 g/mol. The van der Waals surface area contributed by atoms with Crippen LogP contribution in [0, 0.1) is 24.2 Å². The minimum Gasteiger partial charge on any atom is -0.486 e. The van der Waals surface area contributed by atoms with E-state index in [0.717, 1.165) is 17.5 Å². The molecule has 1 aromatic heterocycles. The van der Waals surface area contributed by atoms with Crippen molar-refractivity contribution < 1.29 is 33.5 Å². The van der Waals surface area contributed by atoms with Crippen LogP contribution in [0.25, 0.3) is 0 Å². The molecule has 0 unspecified atom stereocenters. The zero-order chi connectivity index (χ0) is 32.3. The van der Waals surface area contributed by atoms with Gasteiger partial charge < -0.3 is 28.8 Å². The number of aliphatic hydroxyl groups is 1. The molecule has 1 N–H and O–H groups in total. The molecule has 2 saturated heterocycles. The highest BCUT2D eigenvalue weighted by atomic mass is 16.7. The van der Waals surface area contributed by atoms with Crippen molar-refractivity contribution in [3.05, 3.63) is 40.7 Å². The highest BCUT2D eigenvalue weighted by Crippen LogP contribution is 2.65. The van der Waals surface area contributed by atoms with Gasteiger partial charge in [0.2, 0.25) is 5.91 Å². The van der Waals surface area contributed by atoms with Crippen LogP contribution in [-0.2, 0) is 38.2 Å². The average Bonchev–Trinajstić information content (AvgIpc) is 3.51. The number of likely N-dealkylation sites (tertiary alicyclic amines) is 1. The van der Waals surface area contributed by atoms with Crippen LogP contribution in [0.3, 0.4) is 0 Å². The Kier molecular flexibility index (Phi) is 8.31. The summed E-state index contributed by atoms with van der Waals surface area (Å²) in [6.45, 7) is 15.3. The van der Waals surface area contributed by atoms with Crippen molar-refractivity contribution in [2.75, 3.05) is 19.7 Å². The molecule has 2 aromatic rings. The Morgan fingerprint density at radius 2 is 1.91 bits per heavy atom. The molecule has 0 spiro atoms. The molecule has 244 valence electrons. The third kappa shape index (κ3) is 6.13. The van der Waals surface area contributed by atoms with Crippen molar-refractivity contribution in [2.24, 2.45) is 17.3 Å². The first kappa shape index (κ1) is 32.0. The van der Waals surface area contributed by atoms with E-state index in [0.29, 0.717) is 66.5 Å². The van der Waals surface area contributed by atoms with Gasteiger partial charge in [-0.2, -0.15) is 0 Å². The number of carbonyl (C=O) groups excluding carboxylic acids is 2. The van der Waals surface area contributed by atoms with Gasteiger partial charge in [0.25, 0.3) is 0 Å². The van der Waals surface area contributed by atoms with Gasteiger partial charge in [0.05, 0.1) is 30.5 Å². The normalized spacial score (nSPS) is 27.1. The SMILES string of the molecule is Cc1c(CCB2O[C@@H]3C[C@@H]4C[C@@H](C4(C)C)[C@]3(C)O2)ccc(OC2CN(C(=O)Cn3cc(CCO)nn3)C2)c1C(=O)OC(C)(C)C. The molecule has 3 heterocycles. The van der Waals surface area contributed by atoms with Crippen LogP contribution in [0.2, 0.25) is 6.32 Å². The number of carbonyl (C=O) groups is 2. The molecule has 5 fully saturated rings. The summed E-state index contributed by atoms with van der Waals surface area (Å²) in [4.78, 5) is 27.9. The third-order valence-corrected chi connectivity index (χ3v) is 10.5. The quantitative estimate of drug-likeness (QED) is 0.312. The van der Waals surface area contributed by atoms with E-state index in [2.05, 4.69) is 31.1 Å². The number of rotatable bonds is 10. The lowest BCUT2D eigenvalue weighted by molar-refractivity contribution is -0.199. The molecule has 2 aliphatic heterocycles. The van der Waals surface area contributed by atoms with Crippen molar-refractivity contribution in [1.82, 2.24) is 19.9 Å². The highest BCUT2D eigenvalue weighted by Gasteiger charge is 2.67. The van der Waals surface area contributed by atoms with Crippen LogP contribution in [-0.4, -0.2) is 87.1 Å². The first-order valence-corrected chi connectivity index (χ1v) is 16.3. The standard InChI is InChI=1S/C33H47BN4O7/c1-20-21(10-12-34-44-27-15-22-14-26(32(22,5)6)33(27,7)45-34)8-9-25(29(20)30(41)43-31(2,3)4)42-24-17-37(18-24)28(40)19-38-16-23(11-13-39)35-36-38/h8-9,16,22,24,26-27,39H,10-15,17-19H2,1-7H3/t22-,26-,27+,33-/m0/s1. The van der Waals surface area contributed by atoms with Crippen molar-refractivity contribution in [2.45, 2.75) is 110 Å². The van der Waals surface area contributed by atoms with Crippen LogP contribution < -0.4 is 4.74 Å². The molecule has 7 rings (SSSR count). The summed E-state index contributed by atoms with van der Waals surface area (Å²) < 4.78 is 26.7. The van der Waals surface area contributed by atoms with E-state index in [1.165, 1.54) is 11.1 Å². The molecule has 45 heavy (non-hydrogen) atoms. The minimum atomic E-state index is -0.666. The van der Waals surface area contributed by atoms with Gasteiger partial charge in [0.1, 0.15) is 29.6 Å². The first-order chi connectivity index (χ1) is 21.2. The van der Waals surface area contributed by atoms with Gasteiger partial charge in [0, 0.05) is 19.2 Å². The number of aliphatic hydroxyl groups excluding tert-OH is 1. The Hall–Kier alpha value is -2.96. The predicted octanol–water partition coefficient (Wildman–Crippen LogP) is 3.64. The fourth-order valence-electron chi connectivity index (χ4n) is 7.81. The zero-order valence-corrected chi connectivity index (χ0v) is 27.7. The summed E-state index contributed by atoms with van der Waals surface area (Å²) in [6.07, 6.45) is 5.63. The van der Waals surface area contributed by atoms with E-state index in [1.807, 2.05) is 39.8 Å². The molecule has 2 bridgehead atoms. The zero-order valence-electron chi connectivity index (χ0n) is 27.7. The maximum Gasteiger partial charge on any atom is 0.457 e. The fraction of sp³-hybridized carbons (Fsp3) is 0.697. The van der Waals surface area contributed by atoms with Gasteiger partial charge in [-0.1, -0.05) is 25.1 Å². The number of hydrogen-bond donors (Lipinski definition) is 1. The Balaban J connectivity index is 1.10. The smallest absolute Gasteiger partial charge is 0.457 e. The highest BCUT2D eigenvalue weighted by molar-refractivity contribution is 6.45. The first-order valence-electron chi connectivity index (χ1n) is 16.3. The van der Waals surface area contributed by atoms with Crippen molar-refractivity contribution in [1.29, 1.82) is 0 Å². The molecule has 4 atom stereocenters. The van der Waals surface area contributed by atoms with E-state index < -0.39 is 11.6 Å². The second-order valence-corrected chi connectivity index (χ2v) is 15.1. The molecule has 12 heteroatoms. The number of benzene rings is 1. The van der Waals surface area contributed by atoms with Gasteiger partial charge in [-0.25, -0.2) is 9.48 Å². The lowest BCUT2D eigenvalue weighted by Gasteiger charge is -2.64. The Labute approximate surface area is 266 Å². The summed E-state index contributed by atoms with van der Waals surface area (Å²) in [6, 6.07) is 3.86. The average molecular weight is 623 g/mol. The summed E-state index contributed by atoms with van der Waals surface area (Å²) in [5.41, 5.74) is 2.30. The van der Waals surface area contributed by atoms with Gasteiger partial charge in [-0.05, 0) is 94.6 Å². The largest absolute Gasteiger partial charge is 0.486 e. The number of hydrogen-bond acceptors (Lipinski definition) is 9. The number of ether oxygens (including phenoxy) is 2. The van der Waals surface area contributed by atoms with Crippen LogP contribution >= 0.6 is 0 Å². The van der Waals surface area contributed by atoms with Crippen LogP contribution in [0.1, 0.15) is 81.6 Å². The van der Waals surface area contributed by atoms with E-state index in [9.17, 15) is 9.59 Å². The summed E-state index contributed by atoms with van der Waals surface area (Å²) >= 11 is 0. The maximum absolute atomic E-state index is 13.5. The molecule has 5 aliphatic rings. The minimum absolute atomic E-state index is 0.0217. The number of nitrogens with zero attached hydrogens (tertiary/aromatic N) is 4. The molecule has 11 nitrogen and oxygen atoms in total. The number of amides is 1. The topological polar surface area (TPSA) is 125 Å². The molecule has 3 aliphatic carbocycles. The lowest BCUT2D eigenvalue weighted by Crippen LogP contribution is -2.65. The maximum atomic E-state index is 13.5. The van der Waals surface area contributed by atoms with Gasteiger partial charge in [-0.15, -0.1) is 5.10 Å². The van der Waals surface area contributed by atoms with Crippen LogP contribution in [0.5, 0.6) is 5.75 Å². The Bertz CT molecular complexity index is 1450. The predicted molar refractivity (Wildman–Crippen MR) is 167 cm³/mol. The number of aromatic nitrogens is 3. The van der Waals surface area contributed by atoms with Crippen molar-refractivity contribution in [3.8, 4) is 5.75 Å². The van der Waals surface area contributed by atoms with E-state index in [4.69, 9.17) is 23.9 Å². The molecule has 1 amide bonds.